The minimum Gasteiger partial charge on any atom is -0.332 e. The van der Waals surface area contributed by atoms with Crippen molar-refractivity contribution >= 4 is 0 Å². The zero-order chi connectivity index (χ0) is 14.7. The van der Waals surface area contributed by atoms with Crippen LogP contribution in [0, 0.1) is 17.1 Å². The number of aromatic nitrogens is 3. The van der Waals surface area contributed by atoms with Gasteiger partial charge in [-0.15, -0.1) is 0 Å². The molecule has 0 amide bonds. The molecule has 2 aromatic heterocycles. The normalized spacial score (nSPS) is 10.3. The van der Waals surface area contributed by atoms with Gasteiger partial charge in [0.2, 0.25) is 0 Å². The van der Waals surface area contributed by atoms with Gasteiger partial charge in [-0.25, -0.2) is 9.37 Å². The van der Waals surface area contributed by atoms with E-state index in [9.17, 15) is 4.39 Å². The molecule has 0 fully saturated rings. The summed E-state index contributed by atoms with van der Waals surface area (Å²) < 4.78 is 18.2. The van der Waals surface area contributed by atoms with Crippen molar-refractivity contribution in [2.75, 3.05) is 0 Å². The number of hydrogen-bond donors (Lipinski definition) is 0. The lowest BCUT2D eigenvalue weighted by atomic mass is 10.1. The molecule has 102 valence electrons. The van der Waals surface area contributed by atoms with Crippen LogP contribution in [0.1, 0.15) is 17.0 Å². The van der Waals surface area contributed by atoms with Gasteiger partial charge in [0.25, 0.3) is 5.89 Å². The highest BCUT2D eigenvalue weighted by Gasteiger charge is 2.10. The Morgan fingerprint density at radius 1 is 1.24 bits per heavy atom. The van der Waals surface area contributed by atoms with Crippen LogP contribution in [0.3, 0.4) is 0 Å². The Kier molecular flexibility index (Phi) is 3.39. The minimum absolute atomic E-state index is 0.269. The third-order valence-corrected chi connectivity index (χ3v) is 2.83. The molecule has 3 rings (SSSR count). The second kappa shape index (κ2) is 5.51. The predicted molar refractivity (Wildman–Crippen MR) is 71.5 cm³/mol. The van der Waals surface area contributed by atoms with Gasteiger partial charge in [0.15, 0.2) is 5.82 Å². The molecule has 5 nitrogen and oxygen atoms in total. The molecular weight excluding hydrogens is 271 g/mol. The summed E-state index contributed by atoms with van der Waals surface area (Å²) in [5, 5.41) is 12.6. The number of nitrogens with zero attached hydrogens (tertiary/aromatic N) is 4. The molecule has 0 saturated carbocycles. The second-order valence-electron chi connectivity index (χ2n) is 4.37. The highest BCUT2D eigenvalue weighted by Crippen LogP contribution is 2.16. The molecule has 6 heteroatoms. The van der Waals surface area contributed by atoms with Gasteiger partial charge in [-0.2, -0.15) is 10.2 Å². The van der Waals surface area contributed by atoms with Crippen LogP contribution in [-0.2, 0) is 6.42 Å². The fourth-order valence-electron chi connectivity index (χ4n) is 1.85. The Morgan fingerprint density at radius 3 is 2.86 bits per heavy atom. The van der Waals surface area contributed by atoms with E-state index in [0.717, 1.165) is 5.56 Å². The van der Waals surface area contributed by atoms with E-state index in [4.69, 9.17) is 9.78 Å². The molecule has 21 heavy (non-hydrogen) atoms. The van der Waals surface area contributed by atoms with Gasteiger partial charge in [-0.05, 0) is 29.8 Å². The van der Waals surface area contributed by atoms with Crippen LogP contribution in [0.25, 0.3) is 11.6 Å². The largest absolute Gasteiger partial charge is 0.332 e. The average Bonchev–Trinajstić information content (AvgIpc) is 2.96. The summed E-state index contributed by atoms with van der Waals surface area (Å²) in [7, 11) is 0. The fraction of sp³-hybridized carbons (Fsp3) is 0.0667. The summed E-state index contributed by atoms with van der Waals surface area (Å²) >= 11 is 0. The maximum absolute atomic E-state index is 13.1. The summed E-state index contributed by atoms with van der Waals surface area (Å²) in [5.41, 5.74) is 1.71. The maximum Gasteiger partial charge on any atom is 0.276 e. The molecule has 0 N–H and O–H groups in total. The Bertz CT molecular complexity index is 805. The van der Waals surface area contributed by atoms with Crippen molar-refractivity contribution in [3.8, 4) is 17.7 Å². The average molecular weight is 280 g/mol. The lowest BCUT2D eigenvalue weighted by Crippen LogP contribution is -1.92. The van der Waals surface area contributed by atoms with Crippen molar-refractivity contribution in [1.29, 1.82) is 5.26 Å². The molecule has 0 aliphatic rings. The van der Waals surface area contributed by atoms with Crippen LogP contribution in [-0.4, -0.2) is 15.1 Å². The van der Waals surface area contributed by atoms with Crippen molar-refractivity contribution in [3.63, 3.8) is 0 Å². The van der Waals surface area contributed by atoms with Crippen molar-refractivity contribution in [2.45, 2.75) is 6.42 Å². The van der Waals surface area contributed by atoms with E-state index in [1.807, 2.05) is 6.07 Å². The Hall–Kier alpha value is -3.07. The van der Waals surface area contributed by atoms with Gasteiger partial charge < -0.3 is 4.52 Å². The highest BCUT2D eigenvalue weighted by atomic mass is 19.1. The first-order valence-corrected chi connectivity index (χ1v) is 6.18. The van der Waals surface area contributed by atoms with Gasteiger partial charge in [-0.3, -0.25) is 0 Å². The monoisotopic (exact) mass is 280 g/mol. The molecule has 0 atom stereocenters. The number of hydrogen-bond acceptors (Lipinski definition) is 5. The molecule has 0 aliphatic heterocycles. The van der Waals surface area contributed by atoms with Crippen molar-refractivity contribution in [3.05, 3.63) is 65.4 Å². The fourth-order valence-corrected chi connectivity index (χ4v) is 1.85. The molecule has 1 aromatic carbocycles. The Morgan fingerprint density at radius 2 is 2.14 bits per heavy atom. The maximum atomic E-state index is 13.1. The van der Waals surface area contributed by atoms with E-state index >= 15 is 0 Å². The molecule has 0 unspecified atom stereocenters. The molecule has 0 radical (unpaired) electrons. The minimum atomic E-state index is -0.301. The zero-order valence-corrected chi connectivity index (χ0v) is 10.8. The predicted octanol–water partition coefficient (Wildman–Crippen LogP) is 2.73. The molecular formula is C15H9FN4O. The molecule has 0 spiro atoms. The SMILES string of the molecule is N#Cc1ccc(-c2nc(Cc3cccc(F)c3)no2)nc1. The number of nitriles is 1. The standard InChI is InChI=1S/C15H9FN4O/c16-12-3-1-2-10(6-12)7-14-19-15(21-20-14)13-5-4-11(8-17)9-18-13/h1-6,9H,7H2. The first-order chi connectivity index (χ1) is 10.2. The van der Waals surface area contributed by atoms with Crippen LogP contribution in [0.4, 0.5) is 4.39 Å². The van der Waals surface area contributed by atoms with Crippen LogP contribution < -0.4 is 0 Å². The van der Waals surface area contributed by atoms with Gasteiger partial charge in [0.1, 0.15) is 17.6 Å². The second-order valence-corrected chi connectivity index (χ2v) is 4.37. The summed E-state index contributed by atoms with van der Waals surface area (Å²) in [6.45, 7) is 0. The topological polar surface area (TPSA) is 75.6 Å². The lowest BCUT2D eigenvalue weighted by Gasteiger charge is -1.96. The third-order valence-electron chi connectivity index (χ3n) is 2.83. The molecule has 0 bridgehead atoms. The summed E-state index contributed by atoms with van der Waals surface area (Å²) in [5.74, 6) is 0.414. The van der Waals surface area contributed by atoms with E-state index in [1.54, 1.807) is 24.3 Å². The number of rotatable bonds is 3. The number of halogens is 1. The van der Waals surface area contributed by atoms with Gasteiger partial charge in [-0.1, -0.05) is 17.3 Å². The molecule has 0 saturated heterocycles. The van der Waals surface area contributed by atoms with E-state index in [2.05, 4.69) is 15.1 Å². The summed E-state index contributed by atoms with van der Waals surface area (Å²) in [4.78, 5) is 8.29. The van der Waals surface area contributed by atoms with E-state index in [1.165, 1.54) is 18.3 Å². The Balaban J connectivity index is 1.81. The van der Waals surface area contributed by atoms with Crippen molar-refractivity contribution in [1.82, 2.24) is 15.1 Å². The van der Waals surface area contributed by atoms with Crippen molar-refractivity contribution in [2.24, 2.45) is 0 Å². The number of pyridine rings is 1. The van der Waals surface area contributed by atoms with Crippen LogP contribution in [0.15, 0.2) is 47.1 Å². The lowest BCUT2D eigenvalue weighted by molar-refractivity contribution is 0.422. The quantitative estimate of drug-likeness (QED) is 0.737. The van der Waals surface area contributed by atoms with Gasteiger partial charge in [0.05, 0.1) is 5.56 Å². The van der Waals surface area contributed by atoms with Crippen LogP contribution in [0.5, 0.6) is 0 Å². The van der Waals surface area contributed by atoms with E-state index in [0.29, 0.717) is 23.5 Å². The van der Waals surface area contributed by atoms with E-state index < -0.39 is 0 Å². The van der Waals surface area contributed by atoms with Gasteiger partial charge >= 0.3 is 0 Å². The van der Waals surface area contributed by atoms with E-state index in [-0.39, 0.29) is 11.7 Å². The number of benzene rings is 1. The first-order valence-electron chi connectivity index (χ1n) is 6.18. The summed E-state index contributed by atoms with van der Waals surface area (Å²) in [6, 6.07) is 11.5. The highest BCUT2D eigenvalue weighted by molar-refractivity contribution is 5.47. The molecule has 0 aliphatic carbocycles. The summed E-state index contributed by atoms with van der Waals surface area (Å²) in [6.07, 6.45) is 1.81. The smallest absolute Gasteiger partial charge is 0.276 e. The Labute approximate surface area is 119 Å². The first kappa shape index (κ1) is 12.9. The van der Waals surface area contributed by atoms with Crippen LogP contribution >= 0.6 is 0 Å². The molecule has 3 aromatic rings. The zero-order valence-electron chi connectivity index (χ0n) is 10.8. The van der Waals surface area contributed by atoms with Crippen molar-refractivity contribution < 1.29 is 8.91 Å². The van der Waals surface area contributed by atoms with Crippen LogP contribution in [0.2, 0.25) is 0 Å². The third kappa shape index (κ3) is 2.92. The van der Waals surface area contributed by atoms with Gasteiger partial charge in [0, 0.05) is 12.6 Å². The molecule has 2 heterocycles.